The van der Waals surface area contributed by atoms with Gasteiger partial charge in [-0.05, 0) is 57.2 Å². The summed E-state index contributed by atoms with van der Waals surface area (Å²) in [6.07, 6.45) is 2.48. The molecule has 2 amide bonds. The van der Waals surface area contributed by atoms with E-state index < -0.39 is 11.7 Å². The average Bonchev–Trinajstić information content (AvgIpc) is 3.26. The fraction of sp³-hybridized carbons (Fsp3) is 0.148. The molecule has 0 aliphatic carbocycles. The second kappa shape index (κ2) is 9.10. The molecule has 2 N–H and O–H groups in total. The predicted octanol–water partition coefficient (Wildman–Crippen LogP) is 6.04. The van der Waals surface area contributed by atoms with Gasteiger partial charge in [0.2, 0.25) is 0 Å². The number of fused-ring (bicyclic) bond motifs is 2. The lowest BCUT2D eigenvalue weighted by atomic mass is 10.0. The average molecular weight is 482 g/mol. The normalized spacial score (nSPS) is 11.4. The molecular formula is C27H23N5O4. The largest absolute Gasteiger partial charge is 0.456 e. The van der Waals surface area contributed by atoms with Crippen LogP contribution in [0.3, 0.4) is 0 Å². The van der Waals surface area contributed by atoms with Gasteiger partial charge >= 0.3 is 6.09 Å². The highest BCUT2D eigenvalue weighted by molar-refractivity contribution is 6.08. The van der Waals surface area contributed by atoms with E-state index in [1.54, 1.807) is 57.3 Å². The molecule has 0 unspecified atom stereocenters. The Morgan fingerprint density at radius 2 is 1.81 bits per heavy atom. The number of amides is 2. The van der Waals surface area contributed by atoms with Crippen LogP contribution in [0, 0.1) is 0 Å². The van der Waals surface area contributed by atoms with Crippen molar-refractivity contribution in [3.8, 4) is 11.3 Å². The van der Waals surface area contributed by atoms with Gasteiger partial charge in [-0.2, -0.15) is 10.2 Å². The Morgan fingerprint density at radius 3 is 2.61 bits per heavy atom. The number of nitrogens with one attached hydrogen (secondary N) is 2. The highest BCUT2D eigenvalue weighted by Crippen LogP contribution is 2.32. The molecule has 0 atom stereocenters. The number of nitrogens with zero attached hydrogens (tertiary/aromatic N) is 3. The van der Waals surface area contributed by atoms with Crippen molar-refractivity contribution in [2.24, 2.45) is 0 Å². The third-order valence-electron chi connectivity index (χ3n) is 5.24. The smallest absolute Gasteiger partial charge is 0.413 e. The molecule has 0 saturated carbocycles. The fourth-order valence-corrected chi connectivity index (χ4v) is 3.70. The highest BCUT2D eigenvalue weighted by Gasteiger charge is 2.17. The number of para-hydroxylation sites is 1. The van der Waals surface area contributed by atoms with E-state index in [0.29, 0.717) is 22.5 Å². The van der Waals surface area contributed by atoms with E-state index >= 15 is 0 Å². The van der Waals surface area contributed by atoms with Gasteiger partial charge in [-0.1, -0.05) is 18.2 Å². The summed E-state index contributed by atoms with van der Waals surface area (Å²) in [5.74, 6) is 0.558. The van der Waals surface area contributed by atoms with Crippen LogP contribution >= 0.6 is 0 Å². The van der Waals surface area contributed by atoms with Crippen LogP contribution in [0.2, 0.25) is 0 Å². The molecule has 3 aromatic heterocycles. The molecule has 9 nitrogen and oxygen atoms in total. The Balaban J connectivity index is 1.40. The van der Waals surface area contributed by atoms with Gasteiger partial charge in [0.15, 0.2) is 0 Å². The molecule has 0 bridgehead atoms. The molecule has 9 heteroatoms. The zero-order valence-corrected chi connectivity index (χ0v) is 19.9. The number of pyridine rings is 1. The van der Waals surface area contributed by atoms with Gasteiger partial charge in [-0.3, -0.25) is 10.1 Å². The molecule has 0 aliphatic heterocycles. The van der Waals surface area contributed by atoms with E-state index in [4.69, 9.17) is 9.15 Å². The topological polar surface area (TPSA) is 119 Å². The van der Waals surface area contributed by atoms with Crippen molar-refractivity contribution >= 4 is 45.4 Å². The van der Waals surface area contributed by atoms with Gasteiger partial charge in [0.1, 0.15) is 22.8 Å². The van der Waals surface area contributed by atoms with E-state index in [0.717, 1.165) is 21.9 Å². The summed E-state index contributed by atoms with van der Waals surface area (Å²) in [7, 11) is 0. The number of ether oxygens (including phenoxy) is 1. The van der Waals surface area contributed by atoms with Crippen molar-refractivity contribution in [3.05, 3.63) is 78.6 Å². The third kappa shape index (κ3) is 5.00. The summed E-state index contributed by atoms with van der Waals surface area (Å²) >= 11 is 0. The van der Waals surface area contributed by atoms with Gasteiger partial charge in [0.25, 0.3) is 5.91 Å². The van der Waals surface area contributed by atoms with Crippen LogP contribution in [0.4, 0.5) is 16.3 Å². The number of anilines is 2. The van der Waals surface area contributed by atoms with Crippen LogP contribution in [0.25, 0.3) is 33.2 Å². The molecule has 5 rings (SSSR count). The first-order valence-corrected chi connectivity index (χ1v) is 11.3. The Kier molecular flexibility index (Phi) is 5.81. The first kappa shape index (κ1) is 23.0. The molecule has 0 spiro atoms. The number of carbonyl (C=O) groups is 2. The van der Waals surface area contributed by atoms with Gasteiger partial charge < -0.3 is 14.5 Å². The summed E-state index contributed by atoms with van der Waals surface area (Å²) in [5, 5.41) is 15.4. The number of aromatic nitrogens is 3. The van der Waals surface area contributed by atoms with E-state index in [2.05, 4.69) is 25.8 Å². The van der Waals surface area contributed by atoms with Crippen LogP contribution < -0.4 is 10.6 Å². The Labute approximate surface area is 206 Å². The first-order valence-electron chi connectivity index (χ1n) is 11.3. The number of benzene rings is 2. The van der Waals surface area contributed by atoms with Crippen LogP contribution in [-0.4, -0.2) is 32.8 Å². The molecular weight excluding hydrogens is 458 g/mol. The predicted molar refractivity (Wildman–Crippen MR) is 137 cm³/mol. The molecule has 180 valence electrons. The number of furan rings is 1. The SMILES string of the molecule is CC(C)(C)OC(=O)Nc1cc(NC(=O)c2ccc3nncc(-c4cc5ccccc5o4)c3c2)ccn1. The number of carbonyl (C=O) groups excluding carboxylic acids is 2. The lowest BCUT2D eigenvalue weighted by Crippen LogP contribution is -2.27. The second-order valence-electron chi connectivity index (χ2n) is 9.15. The molecule has 2 aromatic carbocycles. The van der Waals surface area contributed by atoms with Crippen LogP contribution in [0.15, 0.2) is 77.5 Å². The summed E-state index contributed by atoms with van der Waals surface area (Å²) in [6.45, 7) is 5.31. The molecule has 0 saturated heterocycles. The Bertz CT molecular complexity index is 1570. The Hall–Kier alpha value is -4.79. The quantitative estimate of drug-likeness (QED) is 0.321. The molecule has 0 fully saturated rings. The van der Waals surface area contributed by atoms with Crippen LogP contribution in [0.5, 0.6) is 0 Å². The van der Waals surface area contributed by atoms with Crippen molar-refractivity contribution in [2.75, 3.05) is 10.6 Å². The minimum absolute atomic E-state index is 0.253. The first-order chi connectivity index (χ1) is 17.2. The minimum Gasteiger partial charge on any atom is -0.456 e. The molecule has 36 heavy (non-hydrogen) atoms. The maximum absolute atomic E-state index is 13.1. The standard InChI is InChI=1S/C27H23N5O4/c1-27(2,3)36-26(34)31-24-14-18(10-11-28-24)30-25(33)17-8-9-21-19(12-17)20(15-29-32-21)23-13-16-6-4-5-7-22(16)35-23/h4-15H,1-3H3,(H2,28,30,31,33,34). The van der Waals surface area contributed by atoms with E-state index in [-0.39, 0.29) is 11.7 Å². The van der Waals surface area contributed by atoms with Crippen molar-refractivity contribution in [1.82, 2.24) is 15.2 Å². The van der Waals surface area contributed by atoms with Crippen molar-refractivity contribution in [1.29, 1.82) is 0 Å². The molecule has 3 heterocycles. The zero-order valence-electron chi connectivity index (χ0n) is 19.9. The lowest BCUT2D eigenvalue weighted by molar-refractivity contribution is 0.0635. The third-order valence-corrected chi connectivity index (χ3v) is 5.24. The van der Waals surface area contributed by atoms with Gasteiger partial charge in [0.05, 0.1) is 11.7 Å². The molecule has 5 aromatic rings. The summed E-state index contributed by atoms with van der Waals surface area (Å²) < 4.78 is 11.3. The van der Waals surface area contributed by atoms with Crippen molar-refractivity contribution < 1.29 is 18.7 Å². The van der Waals surface area contributed by atoms with Crippen molar-refractivity contribution in [3.63, 3.8) is 0 Å². The van der Waals surface area contributed by atoms with Gasteiger partial charge in [-0.25, -0.2) is 9.78 Å². The summed E-state index contributed by atoms with van der Waals surface area (Å²) in [4.78, 5) is 29.2. The van der Waals surface area contributed by atoms with E-state index in [9.17, 15) is 9.59 Å². The molecule has 0 radical (unpaired) electrons. The zero-order chi connectivity index (χ0) is 25.3. The van der Waals surface area contributed by atoms with E-state index in [1.807, 2.05) is 30.3 Å². The molecule has 0 aliphatic rings. The maximum Gasteiger partial charge on any atom is 0.413 e. The minimum atomic E-state index is -0.641. The number of rotatable bonds is 4. The maximum atomic E-state index is 13.1. The van der Waals surface area contributed by atoms with Gasteiger partial charge in [-0.15, -0.1) is 0 Å². The fourth-order valence-electron chi connectivity index (χ4n) is 3.70. The summed E-state index contributed by atoms with van der Waals surface area (Å²) in [5.41, 5.74) is 2.38. The van der Waals surface area contributed by atoms with Crippen molar-refractivity contribution in [2.45, 2.75) is 26.4 Å². The monoisotopic (exact) mass is 481 g/mol. The summed E-state index contributed by atoms with van der Waals surface area (Å²) in [6, 6.07) is 18.0. The number of hydrogen-bond acceptors (Lipinski definition) is 7. The number of hydrogen-bond donors (Lipinski definition) is 2. The van der Waals surface area contributed by atoms with Crippen LogP contribution in [-0.2, 0) is 4.74 Å². The van der Waals surface area contributed by atoms with Crippen LogP contribution in [0.1, 0.15) is 31.1 Å². The highest BCUT2D eigenvalue weighted by atomic mass is 16.6. The Morgan fingerprint density at radius 1 is 0.972 bits per heavy atom. The van der Waals surface area contributed by atoms with Gasteiger partial charge in [0, 0.05) is 39.8 Å². The van der Waals surface area contributed by atoms with E-state index in [1.165, 1.54) is 6.20 Å². The second-order valence-corrected chi connectivity index (χ2v) is 9.15. The lowest BCUT2D eigenvalue weighted by Gasteiger charge is -2.19.